The Labute approximate surface area is 157 Å². The second-order valence-electron chi connectivity index (χ2n) is 6.64. The number of carbonyl (C=O) groups excluding carboxylic acids is 2. The van der Waals surface area contributed by atoms with Crippen LogP contribution in [0.2, 0.25) is 0 Å². The lowest BCUT2D eigenvalue weighted by Gasteiger charge is -2.34. The molecule has 25 heavy (non-hydrogen) atoms. The molecule has 1 unspecified atom stereocenters. The Morgan fingerprint density at radius 2 is 2.00 bits per heavy atom. The Kier molecular flexibility index (Phi) is 8.93. The van der Waals surface area contributed by atoms with Gasteiger partial charge in [-0.25, -0.2) is 0 Å². The van der Waals surface area contributed by atoms with Crippen molar-refractivity contribution in [2.45, 2.75) is 52.1 Å². The second-order valence-corrected chi connectivity index (χ2v) is 6.64. The zero-order chi connectivity index (χ0) is 17.5. The summed E-state index contributed by atoms with van der Waals surface area (Å²) in [6.07, 6.45) is 2.53. The number of benzene rings is 1. The standard InChI is InChI=1S/C19H29N3O2.ClH/c1-4-12-22(19(24)16-10-11-20-14(2)13-16)15(3)18(23)21-17-8-6-5-7-9-17;/h5-9,14-16,20H,4,10-13H2,1-3H3,(H,21,23);1H/t14-,15?,16-;/m0./s1. The molecule has 6 heteroatoms. The normalized spacial score (nSPS) is 20.9. The molecule has 2 N–H and O–H groups in total. The van der Waals surface area contributed by atoms with Crippen molar-refractivity contribution in [2.75, 3.05) is 18.4 Å². The summed E-state index contributed by atoms with van der Waals surface area (Å²) in [7, 11) is 0. The predicted octanol–water partition coefficient (Wildman–Crippen LogP) is 3.06. The van der Waals surface area contributed by atoms with Crippen molar-refractivity contribution >= 4 is 29.9 Å². The van der Waals surface area contributed by atoms with Gasteiger partial charge in [0.15, 0.2) is 0 Å². The Bertz CT molecular complexity index is 553. The van der Waals surface area contributed by atoms with Crippen LogP contribution in [0, 0.1) is 5.92 Å². The molecule has 2 amide bonds. The summed E-state index contributed by atoms with van der Waals surface area (Å²) in [6.45, 7) is 7.43. The van der Waals surface area contributed by atoms with Crippen molar-refractivity contribution in [3.8, 4) is 0 Å². The molecule has 1 aromatic carbocycles. The van der Waals surface area contributed by atoms with E-state index in [9.17, 15) is 9.59 Å². The molecule has 0 aromatic heterocycles. The number of anilines is 1. The lowest BCUT2D eigenvalue weighted by Crippen LogP contribution is -2.50. The van der Waals surface area contributed by atoms with E-state index in [4.69, 9.17) is 0 Å². The second kappa shape index (κ2) is 10.4. The summed E-state index contributed by atoms with van der Waals surface area (Å²) in [4.78, 5) is 27.3. The van der Waals surface area contributed by atoms with Crippen LogP contribution in [0.15, 0.2) is 30.3 Å². The smallest absolute Gasteiger partial charge is 0.246 e. The molecule has 3 atom stereocenters. The summed E-state index contributed by atoms with van der Waals surface area (Å²) in [5.74, 6) is -0.00864. The van der Waals surface area contributed by atoms with Gasteiger partial charge in [-0.3, -0.25) is 9.59 Å². The zero-order valence-electron chi connectivity index (χ0n) is 15.3. The monoisotopic (exact) mass is 367 g/mol. The first-order valence-corrected chi connectivity index (χ1v) is 8.92. The Morgan fingerprint density at radius 1 is 1.32 bits per heavy atom. The van der Waals surface area contributed by atoms with Crippen molar-refractivity contribution in [3.05, 3.63) is 30.3 Å². The Balaban J connectivity index is 0.00000312. The van der Waals surface area contributed by atoms with Crippen LogP contribution in [0.5, 0.6) is 0 Å². The van der Waals surface area contributed by atoms with Gasteiger partial charge in [0.1, 0.15) is 6.04 Å². The minimum atomic E-state index is -0.470. The Morgan fingerprint density at radius 3 is 2.60 bits per heavy atom. The van der Waals surface area contributed by atoms with Gasteiger partial charge in [0.05, 0.1) is 0 Å². The molecule has 1 aliphatic heterocycles. The number of carbonyl (C=O) groups is 2. The highest BCUT2D eigenvalue weighted by atomic mass is 35.5. The van der Waals surface area contributed by atoms with E-state index in [2.05, 4.69) is 17.6 Å². The maximum atomic E-state index is 13.0. The molecule has 1 fully saturated rings. The number of piperidine rings is 1. The molecular formula is C19H30ClN3O2. The number of halogens is 1. The average Bonchev–Trinajstić information content (AvgIpc) is 2.59. The van der Waals surface area contributed by atoms with Gasteiger partial charge in [-0.1, -0.05) is 25.1 Å². The van der Waals surface area contributed by atoms with Crippen molar-refractivity contribution < 1.29 is 9.59 Å². The number of nitrogens with one attached hydrogen (secondary N) is 2. The largest absolute Gasteiger partial charge is 0.331 e. The summed E-state index contributed by atoms with van der Waals surface area (Å²) in [6, 6.07) is 9.25. The summed E-state index contributed by atoms with van der Waals surface area (Å²) in [5, 5.41) is 6.27. The molecule has 1 heterocycles. The molecule has 1 saturated heterocycles. The van der Waals surface area contributed by atoms with Crippen LogP contribution in [0.25, 0.3) is 0 Å². The van der Waals surface area contributed by atoms with Crippen molar-refractivity contribution in [1.82, 2.24) is 10.2 Å². The number of para-hydroxylation sites is 1. The van der Waals surface area contributed by atoms with Crippen molar-refractivity contribution in [2.24, 2.45) is 5.92 Å². The van der Waals surface area contributed by atoms with Crippen LogP contribution in [0.4, 0.5) is 5.69 Å². The fraction of sp³-hybridized carbons (Fsp3) is 0.579. The van der Waals surface area contributed by atoms with Gasteiger partial charge >= 0.3 is 0 Å². The number of amides is 2. The minimum absolute atomic E-state index is 0. The van der Waals surface area contributed by atoms with Crippen LogP contribution < -0.4 is 10.6 Å². The van der Waals surface area contributed by atoms with Crippen molar-refractivity contribution in [1.29, 1.82) is 0 Å². The highest BCUT2D eigenvalue weighted by molar-refractivity contribution is 5.97. The van der Waals surface area contributed by atoms with Crippen LogP contribution in [0.1, 0.15) is 40.0 Å². The highest BCUT2D eigenvalue weighted by Gasteiger charge is 2.32. The quantitative estimate of drug-likeness (QED) is 0.812. The third-order valence-electron chi connectivity index (χ3n) is 4.61. The molecular weight excluding hydrogens is 338 g/mol. The van der Waals surface area contributed by atoms with Crippen LogP contribution in [-0.2, 0) is 9.59 Å². The van der Waals surface area contributed by atoms with E-state index in [1.165, 1.54) is 0 Å². The van der Waals surface area contributed by atoms with E-state index in [0.29, 0.717) is 12.6 Å². The number of nitrogens with zero attached hydrogens (tertiary/aromatic N) is 1. The number of rotatable bonds is 6. The van der Waals surface area contributed by atoms with Gasteiger partial charge in [0, 0.05) is 24.2 Å². The molecule has 0 bridgehead atoms. The number of hydrogen-bond acceptors (Lipinski definition) is 3. The first-order valence-electron chi connectivity index (χ1n) is 8.92. The van der Waals surface area contributed by atoms with Gasteiger partial charge < -0.3 is 15.5 Å². The third-order valence-corrected chi connectivity index (χ3v) is 4.61. The van der Waals surface area contributed by atoms with Crippen LogP contribution >= 0.6 is 12.4 Å². The van der Waals surface area contributed by atoms with E-state index in [1.807, 2.05) is 44.2 Å². The fourth-order valence-corrected chi connectivity index (χ4v) is 3.24. The summed E-state index contributed by atoms with van der Waals surface area (Å²) >= 11 is 0. The third kappa shape index (κ3) is 6.01. The van der Waals surface area contributed by atoms with Crippen LogP contribution in [0.3, 0.4) is 0 Å². The molecule has 0 spiro atoms. The summed E-state index contributed by atoms with van der Waals surface area (Å²) in [5.41, 5.74) is 0.758. The first-order chi connectivity index (χ1) is 11.5. The maximum Gasteiger partial charge on any atom is 0.246 e. The van der Waals surface area contributed by atoms with Gasteiger partial charge in [-0.15, -0.1) is 12.4 Å². The lowest BCUT2D eigenvalue weighted by molar-refractivity contribution is -0.142. The average molecular weight is 368 g/mol. The fourth-order valence-electron chi connectivity index (χ4n) is 3.24. The van der Waals surface area contributed by atoms with E-state index >= 15 is 0 Å². The Hall–Kier alpha value is -1.59. The lowest BCUT2D eigenvalue weighted by atomic mass is 9.91. The minimum Gasteiger partial charge on any atom is -0.331 e. The molecule has 0 radical (unpaired) electrons. The van der Waals surface area contributed by atoms with E-state index in [0.717, 1.165) is 31.5 Å². The predicted molar refractivity (Wildman–Crippen MR) is 104 cm³/mol. The van der Waals surface area contributed by atoms with Gasteiger partial charge in [0.25, 0.3) is 0 Å². The molecule has 1 aromatic rings. The molecule has 140 valence electrons. The van der Waals surface area contributed by atoms with E-state index in [1.54, 1.807) is 4.90 Å². The van der Waals surface area contributed by atoms with Gasteiger partial charge in [-0.2, -0.15) is 0 Å². The van der Waals surface area contributed by atoms with Gasteiger partial charge in [0.2, 0.25) is 11.8 Å². The van der Waals surface area contributed by atoms with Gasteiger partial charge in [-0.05, 0) is 51.8 Å². The molecule has 5 nitrogen and oxygen atoms in total. The van der Waals surface area contributed by atoms with Crippen LogP contribution in [-0.4, -0.2) is 41.9 Å². The molecule has 0 saturated carbocycles. The topological polar surface area (TPSA) is 61.4 Å². The molecule has 1 aliphatic rings. The zero-order valence-corrected chi connectivity index (χ0v) is 16.1. The highest BCUT2D eigenvalue weighted by Crippen LogP contribution is 2.21. The summed E-state index contributed by atoms with van der Waals surface area (Å²) < 4.78 is 0. The molecule has 0 aliphatic carbocycles. The van der Waals surface area contributed by atoms with Crippen molar-refractivity contribution in [3.63, 3.8) is 0 Å². The SMILES string of the molecule is CCCN(C(=O)[C@H]1CCN[C@@H](C)C1)C(C)C(=O)Nc1ccccc1.Cl. The molecule has 2 rings (SSSR count). The first kappa shape index (κ1) is 21.5. The van der Waals surface area contributed by atoms with E-state index in [-0.39, 0.29) is 30.1 Å². The van der Waals surface area contributed by atoms with E-state index < -0.39 is 6.04 Å². The maximum absolute atomic E-state index is 13.0. The number of hydrogen-bond donors (Lipinski definition) is 2.